The van der Waals surface area contributed by atoms with Crippen molar-refractivity contribution in [3.63, 3.8) is 0 Å². The van der Waals surface area contributed by atoms with Crippen molar-refractivity contribution in [1.29, 1.82) is 0 Å². The van der Waals surface area contributed by atoms with Gasteiger partial charge in [0.2, 0.25) is 0 Å². The number of hydrogen-bond acceptors (Lipinski definition) is 6. The molecule has 0 saturated carbocycles. The number of rotatable bonds is 3. The normalized spacial score (nSPS) is 20.4. The number of ether oxygens (including phenoxy) is 1. The summed E-state index contributed by atoms with van der Waals surface area (Å²) in [5.41, 5.74) is 0. The molecule has 1 aliphatic heterocycles. The molecule has 5 nitrogen and oxygen atoms in total. The highest BCUT2D eigenvalue weighted by Crippen LogP contribution is 2.21. The third-order valence-electron chi connectivity index (χ3n) is 2.70. The third-order valence-corrected chi connectivity index (χ3v) is 3.24. The molecule has 1 unspecified atom stereocenters. The molecular weight excluding hydrogens is 236 g/mol. The average molecular weight is 254 g/mol. The molecule has 0 aromatic carbocycles. The summed E-state index contributed by atoms with van der Waals surface area (Å²) in [4.78, 5) is 11.2. The molecule has 6 heteroatoms. The Labute approximate surface area is 106 Å². The molecule has 0 amide bonds. The zero-order valence-corrected chi connectivity index (χ0v) is 11.3. The molecule has 0 spiro atoms. The van der Waals surface area contributed by atoms with Crippen LogP contribution in [0.2, 0.25) is 0 Å². The molecule has 17 heavy (non-hydrogen) atoms. The monoisotopic (exact) mass is 254 g/mol. The summed E-state index contributed by atoms with van der Waals surface area (Å²) >= 11 is 1.56. The second kappa shape index (κ2) is 5.55. The van der Waals surface area contributed by atoms with Gasteiger partial charge in [0.05, 0.1) is 12.7 Å². The fourth-order valence-electron chi connectivity index (χ4n) is 1.82. The first-order valence-electron chi connectivity index (χ1n) is 5.70. The quantitative estimate of drug-likeness (QED) is 0.651. The summed E-state index contributed by atoms with van der Waals surface area (Å²) in [5.74, 6) is 1.84. The lowest BCUT2D eigenvalue weighted by Gasteiger charge is -2.32. The lowest BCUT2D eigenvalue weighted by molar-refractivity contribution is 0.0529. The average Bonchev–Trinajstić information content (AvgIpc) is 2.38. The Hall–Kier alpha value is -1.01. The highest BCUT2D eigenvalue weighted by atomic mass is 32.2. The molecule has 0 radical (unpaired) electrons. The number of thioether (sulfide) groups is 1. The van der Waals surface area contributed by atoms with E-state index in [1.165, 1.54) is 0 Å². The van der Waals surface area contributed by atoms with Crippen LogP contribution in [0.15, 0.2) is 11.2 Å². The SMILES string of the molecule is CNc1cc(N2CCOC(C)C2)nc(SC)n1. The summed E-state index contributed by atoms with van der Waals surface area (Å²) in [5, 5.41) is 3.87. The molecule has 1 aromatic rings. The van der Waals surface area contributed by atoms with Crippen LogP contribution in [0.3, 0.4) is 0 Å². The molecule has 1 aliphatic rings. The van der Waals surface area contributed by atoms with Crippen LogP contribution in [0.5, 0.6) is 0 Å². The molecule has 0 aliphatic carbocycles. The predicted molar refractivity (Wildman–Crippen MR) is 71.0 cm³/mol. The van der Waals surface area contributed by atoms with Crippen molar-refractivity contribution in [2.24, 2.45) is 0 Å². The van der Waals surface area contributed by atoms with E-state index in [0.717, 1.165) is 36.5 Å². The van der Waals surface area contributed by atoms with Gasteiger partial charge in [-0.2, -0.15) is 0 Å². The van der Waals surface area contributed by atoms with E-state index in [4.69, 9.17) is 4.74 Å². The van der Waals surface area contributed by atoms with Gasteiger partial charge >= 0.3 is 0 Å². The van der Waals surface area contributed by atoms with Crippen molar-refractivity contribution < 1.29 is 4.74 Å². The maximum Gasteiger partial charge on any atom is 0.191 e. The van der Waals surface area contributed by atoms with Crippen molar-refractivity contribution in [1.82, 2.24) is 9.97 Å². The van der Waals surface area contributed by atoms with Crippen LogP contribution in [0.4, 0.5) is 11.6 Å². The van der Waals surface area contributed by atoms with Crippen molar-refractivity contribution in [2.75, 3.05) is 43.2 Å². The van der Waals surface area contributed by atoms with Crippen LogP contribution in [-0.2, 0) is 4.74 Å². The van der Waals surface area contributed by atoms with Gasteiger partial charge in [-0.15, -0.1) is 0 Å². The van der Waals surface area contributed by atoms with E-state index < -0.39 is 0 Å². The Balaban J connectivity index is 2.23. The van der Waals surface area contributed by atoms with E-state index >= 15 is 0 Å². The van der Waals surface area contributed by atoms with E-state index in [0.29, 0.717) is 0 Å². The van der Waals surface area contributed by atoms with Gasteiger partial charge in [-0.1, -0.05) is 11.8 Å². The molecule has 1 atom stereocenters. The van der Waals surface area contributed by atoms with Gasteiger partial charge in [-0.05, 0) is 13.2 Å². The number of nitrogens with zero attached hydrogens (tertiary/aromatic N) is 3. The zero-order chi connectivity index (χ0) is 12.3. The van der Waals surface area contributed by atoms with Gasteiger partial charge in [-0.25, -0.2) is 9.97 Å². The van der Waals surface area contributed by atoms with Crippen LogP contribution in [-0.4, -0.2) is 49.1 Å². The van der Waals surface area contributed by atoms with Crippen molar-refractivity contribution in [3.8, 4) is 0 Å². The molecule has 1 aromatic heterocycles. The van der Waals surface area contributed by atoms with E-state index in [9.17, 15) is 0 Å². The fourth-order valence-corrected chi connectivity index (χ4v) is 2.20. The van der Waals surface area contributed by atoms with E-state index in [2.05, 4.69) is 27.1 Å². The number of nitrogens with one attached hydrogen (secondary N) is 1. The van der Waals surface area contributed by atoms with Crippen LogP contribution >= 0.6 is 11.8 Å². The van der Waals surface area contributed by atoms with Gasteiger partial charge in [0, 0.05) is 26.2 Å². The summed E-state index contributed by atoms with van der Waals surface area (Å²) in [6.45, 7) is 4.61. The minimum Gasteiger partial charge on any atom is -0.375 e. The van der Waals surface area contributed by atoms with Gasteiger partial charge < -0.3 is 15.0 Å². The zero-order valence-electron chi connectivity index (χ0n) is 10.4. The number of anilines is 2. The molecule has 0 bridgehead atoms. The highest BCUT2D eigenvalue weighted by Gasteiger charge is 2.19. The number of aromatic nitrogens is 2. The second-order valence-electron chi connectivity index (χ2n) is 3.98. The fraction of sp³-hybridized carbons (Fsp3) is 0.636. The predicted octanol–water partition coefficient (Wildman–Crippen LogP) is 1.47. The minimum absolute atomic E-state index is 0.259. The first-order chi connectivity index (χ1) is 8.22. The first kappa shape index (κ1) is 12.4. The van der Waals surface area contributed by atoms with E-state index in [1.54, 1.807) is 11.8 Å². The molecule has 2 rings (SSSR count). The van der Waals surface area contributed by atoms with Crippen LogP contribution in [0.25, 0.3) is 0 Å². The molecule has 2 heterocycles. The minimum atomic E-state index is 0.259. The molecule has 1 fully saturated rings. The maximum atomic E-state index is 5.54. The van der Waals surface area contributed by atoms with Gasteiger partial charge in [0.1, 0.15) is 11.6 Å². The lowest BCUT2D eigenvalue weighted by atomic mass is 10.3. The van der Waals surface area contributed by atoms with Crippen molar-refractivity contribution in [2.45, 2.75) is 18.2 Å². The standard InChI is InChI=1S/C11H18N4OS/c1-8-7-15(4-5-16-8)10-6-9(12-2)13-11(14-10)17-3/h6,8H,4-5,7H2,1-3H3,(H,12,13,14). The van der Waals surface area contributed by atoms with Gasteiger partial charge in [0.25, 0.3) is 0 Å². The maximum absolute atomic E-state index is 5.54. The van der Waals surface area contributed by atoms with Crippen molar-refractivity contribution >= 4 is 23.4 Å². The summed E-state index contributed by atoms with van der Waals surface area (Å²) in [6, 6.07) is 1.98. The Morgan fingerprint density at radius 3 is 3.00 bits per heavy atom. The molecule has 1 saturated heterocycles. The number of morpholine rings is 1. The van der Waals surface area contributed by atoms with Crippen molar-refractivity contribution in [3.05, 3.63) is 6.07 Å². The van der Waals surface area contributed by atoms with E-state index in [1.807, 2.05) is 19.4 Å². The third kappa shape index (κ3) is 3.01. The topological polar surface area (TPSA) is 50.3 Å². The summed E-state index contributed by atoms with van der Waals surface area (Å²) in [7, 11) is 1.87. The highest BCUT2D eigenvalue weighted by molar-refractivity contribution is 7.98. The summed E-state index contributed by atoms with van der Waals surface area (Å²) in [6.07, 6.45) is 2.25. The smallest absolute Gasteiger partial charge is 0.191 e. The Kier molecular flexibility index (Phi) is 4.06. The van der Waals surface area contributed by atoms with Crippen LogP contribution in [0.1, 0.15) is 6.92 Å². The molecule has 94 valence electrons. The van der Waals surface area contributed by atoms with Crippen LogP contribution in [0, 0.1) is 0 Å². The Morgan fingerprint density at radius 2 is 2.35 bits per heavy atom. The lowest BCUT2D eigenvalue weighted by Crippen LogP contribution is -2.41. The van der Waals surface area contributed by atoms with E-state index in [-0.39, 0.29) is 6.10 Å². The largest absolute Gasteiger partial charge is 0.375 e. The number of hydrogen-bond donors (Lipinski definition) is 1. The first-order valence-corrected chi connectivity index (χ1v) is 6.92. The Bertz CT molecular complexity index is 365. The van der Waals surface area contributed by atoms with Crippen LogP contribution < -0.4 is 10.2 Å². The second-order valence-corrected chi connectivity index (χ2v) is 4.75. The molecule has 1 N–H and O–H groups in total. The van der Waals surface area contributed by atoms with Gasteiger partial charge in [-0.3, -0.25) is 0 Å². The Morgan fingerprint density at radius 1 is 1.53 bits per heavy atom. The summed E-state index contributed by atoms with van der Waals surface area (Å²) < 4.78 is 5.54. The molecular formula is C11H18N4OS. The van der Waals surface area contributed by atoms with Gasteiger partial charge in [0.15, 0.2) is 5.16 Å².